The molecule has 4 heteroatoms. The predicted octanol–water partition coefficient (Wildman–Crippen LogP) is 4.04. The highest BCUT2D eigenvalue weighted by atomic mass is 35.5. The third-order valence-electron chi connectivity index (χ3n) is 4.62. The first kappa shape index (κ1) is 14.9. The van der Waals surface area contributed by atoms with E-state index in [2.05, 4.69) is 39.6 Å². The zero-order valence-corrected chi connectivity index (χ0v) is 13.5. The van der Waals surface area contributed by atoms with Gasteiger partial charge in [0.25, 0.3) is 0 Å². The van der Waals surface area contributed by atoms with E-state index in [0.717, 1.165) is 30.3 Å². The molecule has 0 N–H and O–H groups in total. The van der Waals surface area contributed by atoms with Gasteiger partial charge in [-0.1, -0.05) is 18.6 Å². The maximum atomic E-state index is 6.06. The summed E-state index contributed by atoms with van der Waals surface area (Å²) in [6.45, 7) is 5.80. The lowest BCUT2D eigenvalue weighted by molar-refractivity contribution is 0.157. The molecule has 1 unspecified atom stereocenters. The number of piperidine rings is 1. The molecule has 1 fully saturated rings. The molecule has 114 valence electrons. The summed E-state index contributed by atoms with van der Waals surface area (Å²) in [4.78, 5) is 7.26. The Kier molecular flexibility index (Phi) is 4.81. The molecular formula is C17H24ClN3. The Labute approximate surface area is 131 Å². The van der Waals surface area contributed by atoms with Gasteiger partial charge in [-0.2, -0.15) is 0 Å². The van der Waals surface area contributed by atoms with Gasteiger partial charge in [0.1, 0.15) is 5.82 Å². The van der Waals surface area contributed by atoms with Crippen molar-refractivity contribution in [3.63, 3.8) is 0 Å². The largest absolute Gasteiger partial charge is 0.327 e. The van der Waals surface area contributed by atoms with Crippen LogP contribution in [0.4, 0.5) is 0 Å². The fourth-order valence-corrected chi connectivity index (χ4v) is 3.60. The van der Waals surface area contributed by atoms with Crippen LogP contribution in [0.15, 0.2) is 24.3 Å². The van der Waals surface area contributed by atoms with E-state index >= 15 is 0 Å². The number of aryl methyl sites for hydroxylation is 1. The van der Waals surface area contributed by atoms with Gasteiger partial charge in [0.05, 0.1) is 16.9 Å². The molecule has 2 heterocycles. The Morgan fingerprint density at radius 3 is 2.90 bits per heavy atom. The minimum Gasteiger partial charge on any atom is -0.327 e. The van der Waals surface area contributed by atoms with Crippen molar-refractivity contribution >= 4 is 22.6 Å². The Bertz CT molecular complexity index is 593. The molecule has 1 aromatic heterocycles. The van der Waals surface area contributed by atoms with E-state index in [0.29, 0.717) is 5.88 Å². The molecule has 0 amide bonds. The highest BCUT2D eigenvalue weighted by Crippen LogP contribution is 2.19. The molecule has 1 aromatic carbocycles. The van der Waals surface area contributed by atoms with Gasteiger partial charge >= 0.3 is 0 Å². The van der Waals surface area contributed by atoms with Crippen LogP contribution in [0.25, 0.3) is 11.0 Å². The Morgan fingerprint density at radius 2 is 2.10 bits per heavy atom. The van der Waals surface area contributed by atoms with Crippen molar-refractivity contribution in [3.05, 3.63) is 30.1 Å². The number of hydrogen-bond acceptors (Lipinski definition) is 2. The number of alkyl halides is 1. The van der Waals surface area contributed by atoms with Gasteiger partial charge in [-0.3, -0.25) is 0 Å². The highest BCUT2D eigenvalue weighted by molar-refractivity contribution is 6.16. The van der Waals surface area contributed by atoms with Gasteiger partial charge in [0.2, 0.25) is 0 Å². The quantitative estimate of drug-likeness (QED) is 0.777. The number of halogens is 1. The van der Waals surface area contributed by atoms with E-state index in [4.69, 9.17) is 11.6 Å². The van der Waals surface area contributed by atoms with Crippen LogP contribution in [0, 0.1) is 0 Å². The van der Waals surface area contributed by atoms with E-state index in [9.17, 15) is 0 Å². The second-order valence-corrected chi connectivity index (χ2v) is 6.30. The minimum absolute atomic E-state index is 0.481. The first-order valence-corrected chi connectivity index (χ1v) is 8.57. The molecule has 1 atom stereocenters. The molecule has 2 aromatic rings. The van der Waals surface area contributed by atoms with Gasteiger partial charge < -0.3 is 9.47 Å². The first-order valence-electron chi connectivity index (χ1n) is 8.04. The van der Waals surface area contributed by atoms with E-state index in [1.807, 2.05) is 6.07 Å². The molecule has 0 aliphatic carbocycles. The van der Waals surface area contributed by atoms with E-state index in [1.165, 1.54) is 37.9 Å². The molecular weight excluding hydrogens is 282 g/mol. The maximum absolute atomic E-state index is 6.06. The summed E-state index contributed by atoms with van der Waals surface area (Å²) < 4.78 is 2.29. The molecule has 0 spiro atoms. The average Bonchev–Trinajstić information content (AvgIpc) is 2.87. The third-order valence-corrected chi connectivity index (χ3v) is 4.86. The van der Waals surface area contributed by atoms with Crippen molar-refractivity contribution in [2.24, 2.45) is 0 Å². The molecule has 1 aliphatic heterocycles. The lowest BCUT2D eigenvalue weighted by Gasteiger charge is -2.33. The first-order chi connectivity index (χ1) is 10.3. The summed E-state index contributed by atoms with van der Waals surface area (Å²) in [7, 11) is 0. The lowest BCUT2D eigenvalue weighted by atomic mass is 10.0. The fourth-order valence-electron chi connectivity index (χ4n) is 3.40. The zero-order chi connectivity index (χ0) is 14.7. The van der Waals surface area contributed by atoms with Crippen LogP contribution < -0.4 is 0 Å². The normalized spacial score (nSPS) is 20.2. The number of nitrogens with zero attached hydrogens (tertiary/aromatic N) is 3. The Morgan fingerprint density at radius 1 is 1.24 bits per heavy atom. The molecule has 1 aliphatic rings. The number of aromatic nitrogens is 2. The van der Waals surface area contributed by atoms with Crippen molar-refractivity contribution < 1.29 is 0 Å². The van der Waals surface area contributed by atoms with Crippen LogP contribution in [0.1, 0.15) is 38.4 Å². The summed E-state index contributed by atoms with van der Waals surface area (Å²) in [6.07, 6.45) is 5.25. The smallest absolute Gasteiger partial charge is 0.124 e. The van der Waals surface area contributed by atoms with Crippen molar-refractivity contribution in [1.82, 2.24) is 14.5 Å². The van der Waals surface area contributed by atoms with Crippen LogP contribution in [0.2, 0.25) is 0 Å². The summed E-state index contributed by atoms with van der Waals surface area (Å²) in [5.41, 5.74) is 2.26. The Balaban J connectivity index is 1.67. The van der Waals surface area contributed by atoms with E-state index in [-0.39, 0.29) is 0 Å². The lowest BCUT2D eigenvalue weighted by Crippen LogP contribution is -2.38. The van der Waals surface area contributed by atoms with Crippen LogP contribution in [-0.2, 0) is 12.4 Å². The SMILES string of the molecule is CC1CCCCN1CCCn1c(CCl)nc2ccccc21. The fraction of sp³-hybridized carbons (Fsp3) is 0.588. The van der Waals surface area contributed by atoms with Gasteiger partial charge in [-0.05, 0) is 44.9 Å². The number of likely N-dealkylation sites (tertiary alicyclic amines) is 1. The Hall–Kier alpha value is -1.06. The predicted molar refractivity (Wildman–Crippen MR) is 88.8 cm³/mol. The van der Waals surface area contributed by atoms with Crippen molar-refractivity contribution in [3.8, 4) is 0 Å². The maximum Gasteiger partial charge on any atom is 0.124 e. The summed E-state index contributed by atoms with van der Waals surface area (Å²) in [5, 5.41) is 0. The van der Waals surface area contributed by atoms with Crippen LogP contribution in [0.3, 0.4) is 0 Å². The number of fused-ring (bicyclic) bond motifs is 1. The highest BCUT2D eigenvalue weighted by Gasteiger charge is 2.17. The molecule has 3 rings (SSSR count). The summed E-state index contributed by atoms with van der Waals surface area (Å²) >= 11 is 6.06. The van der Waals surface area contributed by atoms with E-state index < -0.39 is 0 Å². The second-order valence-electron chi connectivity index (χ2n) is 6.04. The van der Waals surface area contributed by atoms with E-state index in [1.54, 1.807) is 0 Å². The molecule has 0 bridgehead atoms. The number of benzene rings is 1. The van der Waals surface area contributed by atoms with Crippen LogP contribution >= 0.6 is 11.6 Å². The second kappa shape index (κ2) is 6.80. The zero-order valence-electron chi connectivity index (χ0n) is 12.8. The minimum atomic E-state index is 0.481. The molecule has 21 heavy (non-hydrogen) atoms. The number of para-hydroxylation sites is 2. The number of imidazole rings is 1. The van der Waals surface area contributed by atoms with Crippen LogP contribution in [-0.4, -0.2) is 33.6 Å². The number of hydrogen-bond donors (Lipinski definition) is 0. The monoisotopic (exact) mass is 305 g/mol. The molecule has 1 saturated heterocycles. The van der Waals surface area contributed by atoms with Crippen molar-refractivity contribution in [2.75, 3.05) is 13.1 Å². The van der Waals surface area contributed by atoms with Crippen molar-refractivity contribution in [2.45, 2.75) is 51.1 Å². The molecule has 0 radical (unpaired) electrons. The molecule has 3 nitrogen and oxygen atoms in total. The summed E-state index contributed by atoms with van der Waals surface area (Å²) in [5.74, 6) is 1.47. The molecule has 0 saturated carbocycles. The van der Waals surface area contributed by atoms with Gasteiger partial charge in [-0.15, -0.1) is 11.6 Å². The standard InChI is InChI=1S/C17H24ClN3/c1-14-7-4-5-10-20(14)11-6-12-21-16-9-3-2-8-15(16)19-17(21)13-18/h2-3,8-9,14H,4-7,10-13H2,1H3. The van der Waals surface area contributed by atoms with Gasteiger partial charge in [0.15, 0.2) is 0 Å². The third kappa shape index (κ3) is 3.24. The van der Waals surface area contributed by atoms with Crippen molar-refractivity contribution in [1.29, 1.82) is 0 Å². The average molecular weight is 306 g/mol. The number of rotatable bonds is 5. The summed E-state index contributed by atoms with van der Waals surface area (Å²) in [6, 6.07) is 9.06. The van der Waals surface area contributed by atoms with Gasteiger partial charge in [0, 0.05) is 19.1 Å². The topological polar surface area (TPSA) is 21.1 Å². The van der Waals surface area contributed by atoms with Crippen LogP contribution in [0.5, 0.6) is 0 Å². The van der Waals surface area contributed by atoms with Gasteiger partial charge in [-0.25, -0.2) is 4.98 Å².